The van der Waals surface area contributed by atoms with Crippen molar-refractivity contribution in [1.29, 1.82) is 0 Å². The second-order valence-corrected chi connectivity index (χ2v) is 17.5. The maximum absolute atomic E-state index is 12.8. The van der Waals surface area contributed by atoms with E-state index < -0.39 is 81.8 Å². The predicted octanol–water partition coefficient (Wildman–Crippen LogP) is 7.58. The van der Waals surface area contributed by atoms with Gasteiger partial charge in [0.05, 0.1) is 12.7 Å². The molecule has 1 aliphatic carbocycles. The highest BCUT2D eigenvalue weighted by atomic mass is 31.2. The van der Waals surface area contributed by atoms with E-state index in [2.05, 4.69) is 6.92 Å². The Kier molecular flexibility index (Phi) is 33.1. The van der Waals surface area contributed by atoms with Crippen LogP contribution in [-0.4, -0.2) is 110 Å². The van der Waals surface area contributed by atoms with Crippen molar-refractivity contribution in [3.8, 4) is 0 Å². The first kappa shape index (κ1) is 56.0. The average Bonchev–Trinajstić information content (AvgIpc) is 3.22. The molecule has 14 nitrogen and oxygen atoms in total. The number of hydrogen-bond acceptors (Lipinski definition) is 13. The topological polar surface area (TPSA) is 230 Å². The maximum atomic E-state index is 12.8. The fourth-order valence-corrected chi connectivity index (χ4v) is 7.83. The third-order valence-corrected chi connectivity index (χ3v) is 11.6. The minimum atomic E-state index is -5.13. The molecule has 4 unspecified atom stereocenters. The zero-order chi connectivity index (χ0) is 44.4. The van der Waals surface area contributed by atoms with Crippen molar-refractivity contribution in [2.45, 2.75) is 223 Å². The highest BCUT2D eigenvalue weighted by Crippen LogP contribution is 2.47. The molecule has 0 amide bonds. The molecule has 1 fully saturated rings. The third-order valence-electron chi connectivity index (χ3n) is 10.6. The molecule has 15 heteroatoms. The van der Waals surface area contributed by atoms with Gasteiger partial charge in [-0.2, -0.15) is 0 Å². The van der Waals surface area contributed by atoms with E-state index in [1.165, 1.54) is 70.6 Å². The number of phosphoric ester groups is 1. The van der Waals surface area contributed by atoms with Crippen LogP contribution in [0.4, 0.5) is 0 Å². The number of ether oxygens (including phenoxy) is 2. The first-order chi connectivity index (χ1) is 28.8. The van der Waals surface area contributed by atoms with Crippen molar-refractivity contribution in [1.82, 2.24) is 0 Å². The number of hydrogen-bond donors (Lipinski definition) is 7. The lowest BCUT2D eigenvalue weighted by Gasteiger charge is -2.41. The monoisotopic (exact) mass is 877 g/mol. The Hall–Kier alpha value is -1.97. The first-order valence-electron chi connectivity index (χ1n) is 22.9. The lowest BCUT2D eigenvalue weighted by atomic mass is 9.85. The van der Waals surface area contributed by atoms with Crippen LogP contribution in [0.5, 0.6) is 0 Å². The van der Waals surface area contributed by atoms with Crippen LogP contribution in [0.1, 0.15) is 174 Å². The molecule has 9 atom stereocenters. The van der Waals surface area contributed by atoms with Crippen molar-refractivity contribution in [2.75, 3.05) is 13.2 Å². The number of carbonyl (C=O) groups excluding carboxylic acids is 2. The molecular formula is C45H81O14P. The second kappa shape index (κ2) is 35.5. The van der Waals surface area contributed by atoms with E-state index in [4.69, 9.17) is 18.5 Å². The van der Waals surface area contributed by atoms with Gasteiger partial charge in [0.25, 0.3) is 0 Å². The highest BCUT2D eigenvalue weighted by Gasteiger charge is 2.51. The van der Waals surface area contributed by atoms with E-state index in [0.29, 0.717) is 19.3 Å². The van der Waals surface area contributed by atoms with E-state index >= 15 is 0 Å². The zero-order valence-electron chi connectivity index (χ0n) is 36.6. The lowest BCUT2D eigenvalue weighted by molar-refractivity contribution is -0.220. The molecule has 0 saturated heterocycles. The molecular weight excluding hydrogens is 795 g/mol. The number of unbranched alkanes of at least 4 members (excludes halogenated alkanes) is 19. The minimum Gasteiger partial charge on any atom is -0.462 e. The summed E-state index contributed by atoms with van der Waals surface area (Å²) in [5, 5.41) is 60.0. The van der Waals surface area contributed by atoms with Gasteiger partial charge in [-0.3, -0.25) is 18.6 Å². The summed E-state index contributed by atoms with van der Waals surface area (Å²) < 4.78 is 33.5. The SMILES string of the molecule is CC/C=C/CC(O)/C=C/C=C/CCCCCCCC(=O)O[C@H](COC(=O)CCCCCCCCCCCCCCCCC)COP(=O)(O)OC1[C@H](O)[C@H](O)C(O)[C@H](O)[C@H]1O. The normalized spacial score (nSPS) is 23.0. The van der Waals surface area contributed by atoms with Crippen molar-refractivity contribution in [3.63, 3.8) is 0 Å². The molecule has 350 valence electrons. The van der Waals surface area contributed by atoms with Crippen LogP contribution in [0.15, 0.2) is 36.5 Å². The van der Waals surface area contributed by atoms with Crippen LogP contribution >= 0.6 is 7.82 Å². The molecule has 0 spiro atoms. The maximum Gasteiger partial charge on any atom is 0.472 e. The second-order valence-electron chi connectivity index (χ2n) is 16.1. The molecule has 1 rings (SSSR count). The summed E-state index contributed by atoms with van der Waals surface area (Å²) in [7, 11) is -5.13. The summed E-state index contributed by atoms with van der Waals surface area (Å²) in [5.41, 5.74) is 0. The third kappa shape index (κ3) is 27.9. The number of phosphoric acid groups is 1. The minimum absolute atomic E-state index is 0.0515. The van der Waals surface area contributed by atoms with Crippen LogP contribution in [0.3, 0.4) is 0 Å². The number of esters is 2. The van der Waals surface area contributed by atoms with E-state index in [0.717, 1.165) is 57.8 Å². The molecule has 0 aliphatic heterocycles. The van der Waals surface area contributed by atoms with Crippen molar-refractivity contribution in [2.24, 2.45) is 0 Å². The molecule has 0 aromatic carbocycles. The van der Waals surface area contributed by atoms with Gasteiger partial charge < -0.3 is 45.0 Å². The van der Waals surface area contributed by atoms with Crippen LogP contribution in [0, 0.1) is 0 Å². The summed E-state index contributed by atoms with van der Waals surface area (Å²) in [6.07, 6.45) is 22.4. The Labute approximate surface area is 360 Å². The van der Waals surface area contributed by atoms with E-state index in [1.807, 2.05) is 37.3 Å². The molecule has 60 heavy (non-hydrogen) atoms. The van der Waals surface area contributed by atoms with Crippen LogP contribution in [0.2, 0.25) is 0 Å². The quantitative estimate of drug-likeness (QED) is 0.0105. The van der Waals surface area contributed by atoms with Crippen LogP contribution in [-0.2, 0) is 32.7 Å². The van der Waals surface area contributed by atoms with Crippen molar-refractivity contribution in [3.05, 3.63) is 36.5 Å². The standard InChI is InChI=1S/C45H81O14P/c1-3-5-7-8-9-10-11-12-13-14-15-18-21-24-28-32-38(47)56-34-37(35-57-60(54,55)59-45-43(52)41(50)40(49)42(51)44(45)53)58-39(48)33-29-25-22-19-16-17-20-23-27-31-36(46)30-26-6-4-2/h6,20,23,26-27,31,36-37,40-46,49-53H,3-5,7-19,21-22,24-25,28-30,32-35H2,1-2H3,(H,54,55)/b23-20+,26-6+,31-27+/t36?,37-,40?,41-,42+,43-,44-,45?/m1/s1. The Morgan fingerprint density at radius 3 is 1.62 bits per heavy atom. The summed E-state index contributed by atoms with van der Waals surface area (Å²) in [6, 6.07) is 0. The van der Waals surface area contributed by atoms with Gasteiger partial charge >= 0.3 is 19.8 Å². The Balaban J connectivity index is 2.49. The summed E-state index contributed by atoms with van der Waals surface area (Å²) in [5.74, 6) is -1.15. The molecule has 0 radical (unpaired) electrons. The van der Waals surface area contributed by atoms with E-state index in [-0.39, 0.29) is 12.8 Å². The van der Waals surface area contributed by atoms with Gasteiger partial charge in [-0.25, -0.2) is 4.57 Å². The van der Waals surface area contributed by atoms with Crippen molar-refractivity contribution < 1.29 is 68.2 Å². The van der Waals surface area contributed by atoms with E-state index in [1.54, 1.807) is 6.08 Å². The largest absolute Gasteiger partial charge is 0.472 e. The lowest BCUT2D eigenvalue weighted by Crippen LogP contribution is -2.64. The number of allylic oxidation sites excluding steroid dienone is 4. The van der Waals surface area contributed by atoms with Gasteiger partial charge in [0, 0.05) is 12.8 Å². The smallest absolute Gasteiger partial charge is 0.462 e. The average molecular weight is 877 g/mol. The molecule has 0 heterocycles. The number of rotatable bonds is 37. The molecule has 0 aromatic rings. The Morgan fingerprint density at radius 2 is 1.08 bits per heavy atom. The van der Waals surface area contributed by atoms with Gasteiger partial charge in [0.15, 0.2) is 6.10 Å². The van der Waals surface area contributed by atoms with Gasteiger partial charge in [-0.05, 0) is 38.5 Å². The van der Waals surface area contributed by atoms with Crippen molar-refractivity contribution >= 4 is 19.8 Å². The van der Waals surface area contributed by atoms with Gasteiger partial charge in [-0.1, -0.05) is 159 Å². The molecule has 1 aliphatic rings. The summed E-state index contributed by atoms with van der Waals surface area (Å²) >= 11 is 0. The Bertz CT molecular complexity index is 1210. The van der Waals surface area contributed by atoms with Gasteiger partial charge in [0.1, 0.15) is 43.2 Å². The molecule has 0 aromatic heterocycles. The van der Waals surface area contributed by atoms with E-state index in [9.17, 15) is 49.7 Å². The Morgan fingerprint density at radius 1 is 0.600 bits per heavy atom. The fraction of sp³-hybridized carbons (Fsp3) is 0.822. The number of aliphatic hydroxyl groups is 6. The highest BCUT2D eigenvalue weighted by molar-refractivity contribution is 7.47. The number of aliphatic hydroxyl groups excluding tert-OH is 6. The van der Waals surface area contributed by atoms with Gasteiger partial charge in [-0.15, -0.1) is 0 Å². The molecule has 0 bridgehead atoms. The van der Waals surface area contributed by atoms with Crippen LogP contribution < -0.4 is 0 Å². The fourth-order valence-electron chi connectivity index (χ4n) is 6.85. The predicted molar refractivity (Wildman–Crippen MR) is 232 cm³/mol. The first-order valence-corrected chi connectivity index (χ1v) is 24.4. The van der Waals surface area contributed by atoms with Gasteiger partial charge in [0.2, 0.25) is 0 Å². The number of carbonyl (C=O) groups is 2. The zero-order valence-corrected chi connectivity index (χ0v) is 37.5. The summed E-state index contributed by atoms with van der Waals surface area (Å²) in [6.45, 7) is 3.07. The molecule has 7 N–H and O–H groups in total. The van der Waals surface area contributed by atoms with Crippen LogP contribution in [0.25, 0.3) is 0 Å². The summed E-state index contributed by atoms with van der Waals surface area (Å²) in [4.78, 5) is 35.7. The molecule has 1 saturated carbocycles.